The van der Waals surface area contributed by atoms with Crippen molar-refractivity contribution >= 4 is 15.9 Å². The van der Waals surface area contributed by atoms with Crippen molar-refractivity contribution in [3.05, 3.63) is 58.5 Å². The largest absolute Gasteiger partial charge is 0.453 e. The number of aryl methyl sites for hydroxylation is 1. The van der Waals surface area contributed by atoms with Gasteiger partial charge in [-0.1, -0.05) is 37.3 Å². The fourth-order valence-electron chi connectivity index (χ4n) is 2.26. The first-order chi connectivity index (χ1) is 9.29. The van der Waals surface area contributed by atoms with Crippen LogP contribution in [-0.2, 0) is 6.42 Å². The average molecular weight is 322 g/mol. The molecule has 102 valence electrons. The number of halogens is 1. The van der Waals surface area contributed by atoms with Crippen molar-refractivity contribution in [3.8, 4) is 0 Å². The summed E-state index contributed by atoms with van der Waals surface area (Å²) in [6.07, 6.45) is 3.35. The summed E-state index contributed by atoms with van der Waals surface area (Å²) in [6.45, 7) is 3.08. The van der Waals surface area contributed by atoms with Crippen molar-refractivity contribution < 1.29 is 4.42 Å². The van der Waals surface area contributed by atoms with Crippen LogP contribution in [0.4, 0.5) is 0 Å². The molecule has 0 saturated heterocycles. The van der Waals surface area contributed by atoms with Gasteiger partial charge >= 0.3 is 0 Å². The van der Waals surface area contributed by atoms with Crippen LogP contribution in [0.3, 0.4) is 0 Å². The Kier molecular flexibility index (Phi) is 5.67. The summed E-state index contributed by atoms with van der Waals surface area (Å²) in [6, 6.07) is 14.9. The number of hydrogen-bond donors (Lipinski definition) is 1. The maximum atomic E-state index is 5.66. The molecule has 2 rings (SSSR count). The van der Waals surface area contributed by atoms with Gasteiger partial charge in [0.25, 0.3) is 0 Å². The fraction of sp³-hybridized carbons (Fsp3) is 0.375. The van der Waals surface area contributed by atoms with Crippen LogP contribution in [-0.4, -0.2) is 6.54 Å². The van der Waals surface area contributed by atoms with E-state index >= 15 is 0 Å². The van der Waals surface area contributed by atoms with Crippen LogP contribution in [0, 0.1) is 0 Å². The van der Waals surface area contributed by atoms with Crippen LogP contribution < -0.4 is 5.32 Å². The van der Waals surface area contributed by atoms with Gasteiger partial charge in [0.15, 0.2) is 4.67 Å². The molecule has 19 heavy (non-hydrogen) atoms. The molecule has 0 bridgehead atoms. The SMILES string of the molecule is CCNC(CCCc1ccccc1)c1ccc(Br)o1. The molecular weight excluding hydrogens is 302 g/mol. The molecule has 0 spiro atoms. The van der Waals surface area contributed by atoms with Crippen molar-refractivity contribution in [2.45, 2.75) is 32.2 Å². The van der Waals surface area contributed by atoms with E-state index in [9.17, 15) is 0 Å². The summed E-state index contributed by atoms with van der Waals surface area (Å²) in [5, 5.41) is 3.48. The summed E-state index contributed by atoms with van der Waals surface area (Å²) >= 11 is 3.36. The van der Waals surface area contributed by atoms with E-state index in [4.69, 9.17) is 4.42 Å². The first kappa shape index (κ1) is 14.4. The predicted molar refractivity (Wildman–Crippen MR) is 82.2 cm³/mol. The van der Waals surface area contributed by atoms with E-state index in [0.717, 1.165) is 36.2 Å². The monoisotopic (exact) mass is 321 g/mol. The highest BCUT2D eigenvalue weighted by Gasteiger charge is 2.13. The summed E-state index contributed by atoms with van der Waals surface area (Å²) < 4.78 is 6.45. The molecule has 1 unspecified atom stereocenters. The molecule has 2 aromatic rings. The van der Waals surface area contributed by atoms with Gasteiger partial charge in [-0.2, -0.15) is 0 Å². The zero-order chi connectivity index (χ0) is 13.5. The zero-order valence-corrected chi connectivity index (χ0v) is 12.8. The van der Waals surface area contributed by atoms with Crippen molar-refractivity contribution in [3.63, 3.8) is 0 Å². The molecule has 0 aliphatic rings. The molecular formula is C16H20BrNO. The second-order valence-electron chi connectivity index (χ2n) is 4.63. The van der Waals surface area contributed by atoms with E-state index in [0.29, 0.717) is 6.04 Å². The second kappa shape index (κ2) is 7.51. The van der Waals surface area contributed by atoms with E-state index in [1.165, 1.54) is 5.56 Å². The van der Waals surface area contributed by atoms with Crippen LogP contribution in [0.1, 0.15) is 37.1 Å². The highest BCUT2D eigenvalue weighted by molar-refractivity contribution is 9.10. The van der Waals surface area contributed by atoms with Gasteiger partial charge in [-0.3, -0.25) is 0 Å². The van der Waals surface area contributed by atoms with E-state index in [2.05, 4.69) is 58.5 Å². The van der Waals surface area contributed by atoms with Crippen molar-refractivity contribution in [2.75, 3.05) is 6.54 Å². The van der Waals surface area contributed by atoms with Gasteiger partial charge in [-0.15, -0.1) is 0 Å². The van der Waals surface area contributed by atoms with Crippen molar-refractivity contribution in [2.24, 2.45) is 0 Å². The standard InChI is InChI=1S/C16H20BrNO/c1-2-18-14(15-11-12-16(17)19-15)10-6-9-13-7-4-3-5-8-13/h3-5,7-8,11-12,14,18H,2,6,9-10H2,1H3. The minimum atomic E-state index is 0.306. The Morgan fingerprint density at radius 1 is 1.16 bits per heavy atom. The van der Waals surface area contributed by atoms with Crippen molar-refractivity contribution in [1.82, 2.24) is 5.32 Å². The predicted octanol–water partition coefficient (Wildman–Crippen LogP) is 4.72. The molecule has 0 radical (unpaired) electrons. The number of benzene rings is 1. The quantitative estimate of drug-likeness (QED) is 0.798. The lowest BCUT2D eigenvalue weighted by molar-refractivity contribution is 0.386. The number of nitrogens with one attached hydrogen (secondary N) is 1. The molecule has 1 aromatic heterocycles. The normalized spacial score (nSPS) is 12.5. The first-order valence-corrected chi connectivity index (χ1v) is 7.61. The van der Waals surface area contributed by atoms with Gasteiger partial charge in [0, 0.05) is 0 Å². The summed E-state index contributed by atoms with van der Waals surface area (Å²) in [5.41, 5.74) is 1.40. The van der Waals surface area contributed by atoms with Crippen LogP contribution >= 0.6 is 15.9 Å². The van der Waals surface area contributed by atoms with E-state index in [1.54, 1.807) is 0 Å². The molecule has 0 fully saturated rings. The zero-order valence-electron chi connectivity index (χ0n) is 11.2. The van der Waals surface area contributed by atoms with Crippen LogP contribution in [0.5, 0.6) is 0 Å². The summed E-state index contributed by atoms with van der Waals surface area (Å²) in [5.74, 6) is 1.02. The minimum absolute atomic E-state index is 0.306. The van der Waals surface area contributed by atoms with Gasteiger partial charge in [-0.25, -0.2) is 0 Å². The highest BCUT2D eigenvalue weighted by Crippen LogP contribution is 2.24. The lowest BCUT2D eigenvalue weighted by atomic mass is 10.0. The average Bonchev–Trinajstić information content (AvgIpc) is 2.86. The molecule has 0 amide bonds. The Balaban J connectivity index is 1.87. The Morgan fingerprint density at radius 2 is 1.95 bits per heavy atom. The van der Waals surface area contributed by atoms with Crippen LogP contribution in [0.2, 0.25) is 0 Å². The molecule has 2 nitrogen and oxygen atoms in total. The minimum Gasteiger partial charge on any atom is -0.453 e. The van der Waals surface area contributed by atoms with Gasteiger partial charge in [0.1, 0.15) is 5.76 Å². The van der Waals surface area contributed by atoms with E-state index in [-0.39, 0.29) is 0 Å². The van der Waals surface area contributed by atoms with Gasteiger partial charge < -0.3 is 9.73 Å². The number of furan rings is 1. The van der Waals surface area contributed by atoms with Gasteiger partial charge in [-0.05, 0) is 59.4 Å². The topological polar surface area (TPSA) is 25.2 Å². The fourth-order valence-corrected chi connectivity index (χ4v) is 2.58. The van der Waals surface area contributed by atoms with E-state index in [1.807, 2.05) is 12.1 Å². The molecule has 3 heteroatoms. The highest BCUT2D eigenvalue weighted by atomic mass is 79.9. The third kappa shape index (κ3) is 4.51. The molecule has 1 heterocycles. The second-order valence-corrected chi connectivity index (χ2v) is 5.41. The first-order valence-electron chi connectivity index (χ1n) is 6.82. The molecule has 1 aromatic carbocycles. The third-order valence-corrected chi connectivity index (χ3v) is 3.62. The number of rotatable bonds is 7. The Morgan fingerprint density at radius 3 is 2.58 bits per heavy atom. The van der Waals surface area contributed by atoms with Crippen LogP contribution in [0.15, 0.2) is 51.6 Å². The van der Waals surface area contributed by atoms with Crippen molar-refractivity contribution in [1.29, 1.82) is 0 Å². The lowest BCUT2D eigenvalue weighted by Gasteiger charge is -2.15. The maximum absolute atomic E-state index is 5.66. The molecule has 1 atom stereocenters. The van der Waals surface area contributed by atoms with Crippen LogP contribution in [0.25, 0.3) is 0 Å². The van der Waals surface area contributed by atoms with Gasteiger partial charge in [0.05, 0.1) is 6.04 Å². The molecule has 0 aliphatic heterocycles. The van der Waals surface area contributed by atoms with E-state index < -0.39 is 0 Å². The Labute approximate surface area is 123 Å². The Hall–Kier alpha value is -1.06. The Bertz CT molecular complexity index is 481. The molecule has 0 aliphatic carbocycles. The smallest absolute Gasteiger partial charge is 0.169 e. The lowest BCUT2D eigenvalue weighted by Crippen LogP contribution is -2.20. The number of hydrogen-bond acceptors (Lipinski definition) is 2. The third-order valence-electron chi connectivity index (χ3n) is 3.19. The van der Waals surface area contributed by atoms with Gasteiger partial charge in [0.2, 0.25) is 0 Å². The summed E-state index contributed by atoms with van der Waals surface area (Å²) in [4.78, 5) is 0. The molecule has 0 saturated carbocycles. The maximum Gasteiger partial charge on any atom is 0.169 e. The summed E-state index contributed by atoms with van der Waals surface area (Å²) in [7, 11) is 0. The molecule has 1 N–H and O–H groups in total.